The number of fused-ring (bicyclic) bond motifs is 1. The molecule has 1 aromatic heterocycles. The first-order valence-corrected chi connectivity index (χ1v) is 9.70. The monoisotopic (exact) mass is 366 g/mol. The number of benzene rings is 1. The highest BCUT2D eigenvalue weighted by Crippen LogP contribution is 2.22. The van der Waals surface area contributed by atoms with Gasteiger partial charge in [0.25, 0.3) is 0 Å². The Balaban J connectivity index is 1.80. The van der Waals surface area contributed by atoms with Crippen molar-refractivity contribution in [1.82, 2.24) is 18.8 Å². The number of aryl methyl sites for hydroxylation is 1. The second-order valence-electron chi connectivity index (χ2n) is 5.95. The molecule has 0 saturated carbocycles. The van der Waals surface area contributed by atoms with Gasteiger partial charge < -0.3 is 14.2 Å². The van der Waals surface area contributed by atoms with Crippen molar-refractivity contribution < 1.29 is 17.9 Å². The first-order chi connectivity index (χ1) is 11.9. The summed E-state index contributed by atoms with van der Waals surface area (Å²) in [6.45, 7) is 3.50. The fourth-order valence-corrected chi connectivity index (χ4v) is 4.45. The first kappa shape index (κ1) is 17.7. The van der Waals surface area contributed by atoms with Gasteiger partial charge in [0, 0.05) is 33.2 Å². The molecule has 0 unspecified atom stereocenters. The lowest BCUT2D eigenvalue weighted by Gasteiger charge is -2.21. The van der Waals surface area contributed by atoms with Gasteiger partial charge in [-0.2, -0.15) is 4.31 Å². The van der Waals surface area contributed by atoms with Gasteiger partial charge in [0.05, 0.1) is 28.9 Å². The zero-order valence-corrected chi connectivity index (χ0v) is 15.2. The van der Waals surface area contributed by atoms with Crippen LogP contribution in [0.3, 0.4) is 0 Å². The molecule has 1 aliphatic rings. The lowest BCUT2D eigenvalue weighted by Crippen LogP contribution is -2.37. The number of hydrogen-bond acceptors (Lipinski definition) is 5. The zero-order valence-electron chi connectivity index (χ0n) is 14.4. The Bertz CT molecular complexity index is 877. The maximum Gasteiger partial charge on any atom is 0.409 e. The Labute approximate surface area is 147 Å². The number of amides is 1. The van der Waals surface area contributed by atoms with Gasteiger partial charge in [-0.25, -0.2) is 18.2 Å². The summed E-state index contributed by atoms with van der Waals surface area (Å²) in [5, 5.41) is 0. The second-order valence-corrected chi connectivity index (χ2v) is 7.89. The molecule has 136 valence electrons. The highest BCUT2D eigenvalue weighted by molar-refractivity contribution is 7.89. The molecule has 1 aliphatic heterocycles. The maximum absolute atomic E-state index is 12.9. The van der Waals surface area contributed by atoms with Crippen LogP contribution in [0, 0.1) is 0 Å². The number of rotatable bonds is 3. The van der Waals surface area contributed by atoms with Gasteiger partial charge in [0.1, 0.15) is 0 Å². The van der Waals surface area contributed by atoms with Gasteiger partial charge in [-0.05, 0) is 31.5 Å². The van der Waals surface area contributed by atoms with Crippen LogP contribution < -0.4 is 0 Å². The molecule has 2 heterocycles. The molecule has 1 saturated heterocycles. The largest absolute Gasteiger partial charge is 0.450 e. The molecular weight excluding hydrogens is 344 g/mol. The van der Waals surface area contributed by atoms with Gasteiger partial charge in [-0.3, -0.25) is 0 Å². The van der Waals surface area contributed by atoms with Crippen LogP contribution >= 0.6 is 0 Å². The minimum atomic E-state index is -3.62. The Kier molecular flexibility index (Phi) is 4.96. The number of imidazole rings is 1. The summed E-state index contributed by atoms with van der Waals surface area (Å²) in [5.41, 5.74) is 1.52. The van der Waals surface area contributed by atoms with Crippen molar-refractivity contribution in [3.8, 4) is 0 Å². The molecule has 0 bridgehead atoms. The quantitative estimate of drug-likeness (QED) is 0.820. The van der Waals surface area contributed by atoms with Gasteiger partial charge in [0.15, 0.2) is 0 Å². The normalized spacial score (nSPS) is 16.8. The predicted molar refractivity (Wildman–Crippen MR) is 92.7 cm³/mol. The number of carbonyl (C=O) groups is 1. The molecule has 1 amide bonds. The van der Waals surface area contributed by atoms with Crippen molar-refractivity contribution in [2.75, 3.05) is 32.8 Å². The van der Waals surface area contributed by atoms with Crippen LogP contribution in [0.15, 0.2) is 29.4 Å². The number of ether oxygens (including phenoxy) is 1. The van der Waals surface area contributed by atoms with E-state index in [0.29, 0.717) is 38.2 Å². The number of nitrogens with zero attached hydrogens (tertiary/aromatic N) is 4. The van der Waals surface area contributed by atoms with Crippen LogP contribution in [0.4, 0.5) is 4.79 Å². The van der Waals surface area contributed by atoms with Crippen LogP contribution in [0.5, 0.6) is 0 Å². The fourth-order valence-electron chi connectivity index (χ4n) is 2.96. The van der Waals surface area contributed by atoms with Crippen molar-refractivity contribution in [1.29, 1.82) is 0 Å². The summed E-state index contributed by atoms with van der Waals surface area (Å²) in [4.78, 5) is 17.9. The molecule has 3 rings (SSSR count). The van der Waals surface area contributed by atoms with E-state index in [1.165, 1.54) is 4.31 Å². The summed E-state index contributed by atoms with van der Waals surface area (Å²) in [6, 6.07) is 4.96. The average molecular weight is 366 g/mol. The minimum Gasteiger partial charge on any atom is -0.450 e. The first-order valence-electron chi connectivity index (χ1n) is 8.26. The third-order valence-corrected chi connectivity index (χ3v) is 6.21. The van der Waals surface area contributed by atoms with E-state index in [1.807, 2.05) is 11.6 Å². The third kappa shape index (κ3) is 3.47. The van der Waals surface area contributed by atoms with Crippen molar-refractivity contribution in [3.63, 3.8) is 0 Å². The number of aromatic nitrogens is 2. The lowest BCUT2D eigenvalue weighted by atomic mass is 10.3. The molecule has 0 radical (unpaired) electrons. The molecular formula is C16H22N4O4S. The van der Waals surface area contributed by atoms with Crippen LogP contribution in [-0.2, 0) is 21.8 Å². The van der Waals surface area contributed by atoms with Crippen molar-refractivity contribution >= 4 is 27.1 Å². The number of carbonyl (C=O) groups excluding carboxylic acids is 1. The highest BCUT2D eigenvalue weighted by Gasteiger charge is 2.29. The van der Waals surface area contributed by atoms with Gasteiger partial charge in [0.2, 0.25) is 10.0 Å². The third-order valence-electron chi connectivity index (χ3n) is 4.32. The molecule has 0 N–H and O–H groups in total. The molecule has 1 aromatic carbocycles. The lowest BCUT2D eigenvalue weighted by molar-refractivity contribution is 0.109. The summed E-state index contributed by atoms with van der Waals surface area (Å²) >= 11 is 0. The van der Waals surface area contributed by atoms with E-state index in [-0.39, 0.29) is 11.4 Å². The van der Waals surface area contributed by atoms with Crippen LogP contribution in [-0.4, -0.2) is 66.1 Å². The van der Waals surface area contributed by atoms with E-state index < -0.39 is 16.1 Å². The minimum absolute atomic E-state index is 0.225. The summed E-state index contributed by atoms with van der Waals surface area (Å²) in [6.07, 6.45) is 1.84. The van der Waals surface area contributed by atoms with Gasteiger partial charge in [-0.15, -0.1) is 0 Å². The predicted octanol–water partition coefficient (Wildman–Crippen LogP) is 1.43. The summed E-state index contributed by atoms with van der Waals surface area (Å²) in [7, 11) is -1.76. The molecule has 9 heteroatoms. The molecule has 0 aliphatic carbocycles. The molecule has 0 spiro atoms. The number of hydrogen-bond donors (Lipinski definition) is 0. The van der Waals surface area contributed by atoms with Gasteiger partial charge in [-0.1, -0.05) is 0 Å². The molecule has 1 fully saturated rings. The Morgan fingerprint density at radius 3 is 2.80 bits per heavy atom. The number of sulfonamides is 1. The smallest absolute Gasteiger partial charge is 0.409 e. The van der Waals surface area contributed by atoms with E-state index >= 15 is 0 Å². The zero-order chi connectivity index (χ0) is 18.0. The SMILES string of the molecule is CCOC(=O)N1CCCN(S(=O)(=O)c2ccc3c(c2)ncn3C)CC1. The second kappa shape index (κ2) is 7.01. The fraction of sp³-hybridized carbons (Fsp3) is 0.500. The standard InChI is InChI=1S/C16H22N4O4S/c1-3-24-16(21)19-7-4-8-20(10-9-19)25(22,23)13-5-6-15-14(11-13)17-12-18(15)2/h5-6,11-12H,3-4,7-10H2,1-2H3. The summed E-state index contributed by atoms with van der Waals surface area (Å²) in [5.74, 6) is 0. The van der Waals surface area contributed by atoms with Crippen molar-refractivity contribution in [2.45, 2.75) is 18.2 Å². The van der Waals surface area contributed by atoms with Crippen molar-refractivity contribution in [3.05, 3.63) is 24.5 Å². The van der Waals surface area contributed by atoms with E-state index in [1.54, 1.807) is 36.4 Å². The van der Waals surface area contributed by atoms with E-state index in [4.69, 9.17) is 4.74 Å². The van der Waals surface area contributed by atoms with Crippen LogP contribution in [0.2, 0.25) is 0 Å². The Hall–Kier alpha value is -2.13. The highest BCUT2D eigenvalue weighted by atomic mass is 32.2. The Morgan fingerprint density at radius 2 is 2.04 bits per heavy atom. The summed E-state index contributed by atoms with van der Waals surface area (Å²) < 4.78 is 34.2. The molecule has 25 heavy (non-hydrogen) atoms. The van der Waals surface area contributed by atoms with Gasteiger partial charge >= 0.3 is 6.09 Å². The molecule has 0 atom stereocenters. The van der Waals surface area contributed by atoms with Crippen LogP contribution in [0.25, 0.3) is 11.0 Å². The molecule has 2 aromatic rings. The van der Waals surface area contributed by atoms with E-state index in [2.05, 4.69) is 4.98 Å². The van der Waals surface area contributed by atoms with E-state index in [0.717, 1.165) is 5.52 Å². The van der Waals surface area contributed by atoms with Crippen LogP contribution in [0.1, 0.15) is 13.3 Å². The van der Waals surface area contributed by atoms with Crippen molar-refractivity contribution in [2.24, 2.45) is 7.05 Å². The van der Waals surface area contributed by atoms with E-state index in [9.17, 15) is 13.2 Å². The molecule has 8 nitrogen and oxygen atoms in total. The Morgan fingerprint density at radius 1 is 1.24 bits per heavy atom. The maximum atomic E-state index is 12.9. The topological polar surface area (TPSA) is 84.7 Å². The average Bonchev–Trinajstić information content (AvgIpc) is 2.81.